The first kappa shape index (κ1) is 98.1. The summed E-state index contributed by atoms with van der Waals surface area (Å²) in [6, 6.07) is 0. The van der Waals surface area contributed by atoms with Gasteiger partial charge in [-0.15, -0.1) is 0 Å². The van der Waals surface area contributed by atoms with Crippen molar-refractivity contribution in [3.05, 3.63) is 0 Å². The largest absolute Gasteiger partial charge is 0.472 e. The molecule has 0 bridgehead atoms. The molecule has 0 aliphatic carbocycles. The number of carbonyl (C=O) groups excluding carboxylic acids is 4. The van der Waals surface area contributed by atoms with E-state index >= 15 is 0 Å². The molecule has 100 heavy (non-hydrogen) atoms. The molecule has 19 heteroatoms. The maximum absolute atomic E-state index is 13.1. The fourth-order valence-corrected chi connectivity index (χ4v) is 14.1. The van der Waals surface area contributed by atoms with Gasteiger partial charge in [0.25, 0.3) is 0 Å². The van der Waals surface area contributed by atoms with Crippen LogP contribution < -0.4 is 0 Å². The van der Waals surface area contributed by atoms with Gasteiger partial charge in [0, 0.05) is 25.7 Å². The lowest BCUT2D eigenvalue weighted by atomic mass is 10.0. The summed E-state index contributed by atoms with van der Waals surface area (Å²) in [6.45, 7) is 9.69. The molecule has 0 fully saturated rings. The number of aliphatic hydroxyl groups excluding tert-OH is 1. The molecule has 5 atom stereocenters. The van der Waals surface area contributed by atoms with E-state index in [2.05, 4.69) is 41.5 Å². The van der Waals surface area contributed by atoms with Crippen molar-refractivity contribution in [2.75, 3.05) is 39.6 Å². The molecule has 0 amide bonds. The second-order valence-corrected chi connectivity index (χ2v) is 33.0. The van der Waals surface area contributed by atoms with Crippen LogP contribution in [0, 0.1) is 11.8 Å². The quantitative estimate of drug-likeness (QED) is 0.0222. The summed E-state index contributed by atoms with van der Waals surface area (Å²) in [5, 5.41) is 10.6. The van der Waals surface area contributed by atoms with Gasteiger partial charge in [-0.1, -0.05) is 375 Å². The van der Waals surface area contributed by atoms with E-state index in [1.54, 1.807) is 0 Å². The van der Waals surface area contributed by atoms with E-state index in [1.807, 2.05) is 0 Å². The summed E-state index contributed by atoms with van der Waals surface area (Å²) in [5.41, 5.74) is 0. The van der Waals surface area contributed by atoms with Crippen LogP contribution in [-0.2, 0) is 65.4 Å². The fourth-order valence-electron chi connectivity index (χ4n) is 12.5. The van der Waals surface area contributed by atoms with E-state index in [0.717, 1.165) is 102 Å². The first-order valence-corrected chi connectivity index (χ1v) is 45.0. The zero-order chi connectivity index (χ0) is 73.5. The first-order valence-electron chi connectivity index (χ1n) is 42.0. The Morgan fingerprint density at radius 3 is 0.680 bits per heavy atom. The molecular weight excluding hydrogens is 1310 g/mol. The number of esters is 4. The van der Waals surface area contributed by atoms with Gasteiger partial charge in [0.15, 0.2) is 12.2 Å². The van der Waals surface area contributed by atoms with Crippen molar-refractivity contribution < 1.29 is 80.2 Å². The van der Waals surface area contributed by atoms with Gasteiger partial charge < -0.3 is 33.8 Å². The Hall–Kier alpha value is -1.94. The number of rotatable bonds is 80. The predicted octanol–water partition coefficient (Wildman–Crippen LogP) is 24.3. The van der Waals surface area contributed by atoms with Crippen LogP contribution in [0.15, 0.2) is 0 Å². The minimum absolute atomic E-state index is 0.108. The number of unbranched alkanes of at least 4 members (excludes halogenated alkanes) is 50. The minimum atomic E-state index is -4.96. The minimum Gasteiger partial charge on any atom is -0.462 e. The molecule has 0 aliphatic heterocycles. The first-order chi connectivity index (χ1) is 48.4. The van der Waals surface area contributed by atoms with Gasteiger partial charge in [0.1, 0.15) is 19.3 Å². The van der Waals surface area contributed by atoms with Gasteiger partial charge >= 0.3 is 39.5 Å². The van der Waals surface area contributed by atoms with Crippen LogP contribution in [0.4, 0.5) is 0 Å². The van der Waals surface area contributed by atoms with Crippen LogP contribution in [0.2, 0.25) is 0 Å². The van der Waals surface area contributed by atoms with Crippen LogP contribution in [-0.4, -0.2) is 96.7 Å². The predicted molar refractivity (Wildman–Crippen MR) is 409 cm³/mol. The summed E-state index contributed by atoms with van der Waals surface area (Å²) >= 11 is 0. The topological polar surface area (TPSA) is 237 Å². The molecule has 0 spiro atoms. The van der Waals surface area contributed by atoms with Crippen LogP contribution in [0.1, 0.15) is 427 Å². The fraction of sp³-hybridized carbons (Fsp3) is 0.951. The van der Waals surface area contributed by atoms with E-state index in [0.29, 0.717) is 25.7 Å². The molecule has 0 saturated carbocycles. The lowest BCUT2D eigenvalue weighted by Crippen LogP contribution is -2.30. The highest BCUT2D eigenvalue weighted by atomic mass is 31.2. The lowest BCUT2D eigenvalue weighted by Gasteiger charge is -2.21. The molecule has 0 aromatic heterocycles. The van der Waals surface area contributed by atoms with Crippen molar-refractivity contribution >= 4 is 39.5 Å². The van der Waals surface area contributed by atoms with Crippen molar-refractivity contribution in [3.8, 4) is 0 Å². The maximum Gasteiger partial charge on any atom is 0.472 e. The number of phosphoric acid groups is 2. The second kappa shape index (κ2) is 72.6. The third-order valence-corrected chi connectivity index (χ3v) is 20.9. The molecule has 0 aromatic rings. The van der Waals surface area contributed by atoms with Gasteiger partial charge in [0.05, 0.1) is 26.4 Å². The molecule has 3 N–H and O–H groups in total. The summed E-state index contributed by atoms with van der Waals surface area (Å²) < 4.78 is 68.8. The Kier molecular flexibility index (Phi) is 71.2. The molecular formula is C81H158O17P2. The smallest absolute Gasteiger partial charge is 0.462 e. The third-order valence-electron chi connectivity index (χ3n) is 19.0. The molecule has 0 radical (unpaired) electrons. The van der Waals surface area contributed by atoms with Crippen molar-refractivity contribution in [2.45, 2.75) is 445 Å². The number of hydrogen-bond acceptors (Lipinski definition) is 15. The third kappa shape index (κ3) is 74.3. The number of ether oxygens (including phenoxy) is 4. The van der Waals surface area contributed by atoms with E-state index < -0.39 is 97.5 Å². The second-order valence-electron chi connectivity index (χ2n) is 30.1. The van der Waals surface area contributed by atoms with Crippen molar-refractivity contribution in [2.24, 2.45) is 11.8 Å². The van der Waals surface area contributed by atoms with Crippen LogP contribution >= 0.6 is 15.6 Å². The average molecular weight is 1470 g/mol. The summed E-state index contributed by atoms with van der Waals surface area (Å²) in [6.07, 6.45) is 62.2. The molecule has 2 unspecified atom stereocenters. The van der Waals surface area contributed by atoms with Gasteiger partial charge in [-0.05, 0) is 37.5 Å². The standard InChI is InChI=1S/C81H158O17P2/c1-7-9-11-13-15-17-19-25-33-39-45-51-57-63-78(83)91-69-76(97-80(85)65-59-53-47-41-35-26-20-18-16-14-12-10-8-2)71-95-99(87,88)93-67-75(82)68-94-100(89,90)96-72-77(98-81(86)66-60-54-48-42-36-30-24-22-28-32-38-44-50-56-62-74(5)6)70-92-79(84)64-58-52-46-40-34-29-23-21-27-31-37-43-49-55-61-73(3)4/h73-77,82H,7-72H2,1-6H3,(H,87,88)(H,89,90)/t75-,76+,77+/m0/s1. The monoisotopic (exact) mass is 1470 g/mol. The number of hydrogen-bond donors (Lipinski definition) is 3. The van der Waals surface area contributed by atoms with Crippen LogP contribution in [0.3, 0.4) is 0 Å². The van der Waals surface area contributed by atoms with E-state index in [1.165, 1.54) is 244 Å². The molecule has 17 nitrogen and oxygen atoms in total. The summed E-state index contributed by atoms with van der Waals surface area (Å²) in [4.78, 5) is 73.1. The Bertz CT molecular complexity index is 1920. The highest BCUT2D eigenvalue weighted by Gasteiger charge is 2.30. The van der Waals surface area contributed by atoms with E-state index in [-0.39, 0.29) is 25.7 Å². The maximum atomic E-state index is 13.1. The Labute approximate surface area is 613 Å². The zero-order valence-electron chi connectivity index (χ0n) is 65.5. The van der Waals surface area contributed by atoms with Gasteiger partial charge in [-0.3, -0.25) is 37.3 Å². The highest BCUT2D eigenvalue weighted by molar-refractivity contribution is 7.47. The lowest BCUT2D eigenvalue weighted by molar-refractivity contribution is -0.161. The van der Waals surface area contributed by atoms with E-state index in [9.17, 15) is 43.2 Å². The number of aliphatic hydroxyl groups is 1. The van der Waals surface area contributed by atoms with Gasteiger partial charge in [0.2, 0.25) is 0 Å². The Morgan fingerprint density at radius 2 is 0.460 bits per heavy atom. The van der Waals surface area contributed by atoms with Crippen molar-refractivity contribution in [1.82, 2.24) is 0 Å². The zero-order valence-corrected chi connectivity index (χ0v) is 67.3. The van der Waals surface area contributed by atoms with Crippen molar-refractivity contribution in [3.63, 3.8) is 0 Å². The molecule has 0 rings (SSSR count). The Balaban J connectivity index is 5.26. The molecule has 0 aromatic carbocycles. The molecule has 0 aliphatic rings. The SMILES string of the molecule is CCCCCCCCCCCCCCCC(=O)OC[C@H](COP(=O)(O)OC[C@H](O)COP(=O)(O)OC[C@@H](COC(=O)CCCCCCCCCCCCCCCCC(C)C)OC(=O)CCCCCCCCCCCCCCCCC(C)C)OC(=O)CCCCCCCCCCCCCCC. The number of phosphoric ester groups is 2. The number of carbonyl (C=O) groups is 4. The van der Waals surface area contributed by atoms with Crippen LogP contribution in [0.25, 0.3) is 0 Å². The van der Waals surface area contributed by atoms with E-state index in [4.69, 9.17) is 37.0 Å². The molecule has 0 heterocycles. The summed E-state index contributed by atoms with van der Waals surface area (Å²) in [7, 11) is -9.92. The average Bonchev–Trinajstić information content (AvgIpc) is 0.922. The summed E-state index contributed by atoms with van der Waals surface area (Å²) in [5.74, 6) is -0.511. The molecule has 594 valence electrons. The van der Waals surface area contributed by atoms with Crippen molar-refractivity contribution in [1.29, 1.82) is 0 Å². The normalized spacial score (nSPS) is 13.9. The van der Waals surface area contributed by atoms with Gasteiger partial charge in [-0.25, -0.2) is 9.13 Å². The Morgan fingerprint density at radius 1 is 0.270 bits per heavy atom. The van der Waals surface area contributed by atoms with Crippen LogP contribution in [0.5, 0.6) is 0 Å². The van der Waals surface area contributed by atoms with Gasteiger partial charge in [-0.2, -0.15) is 0 Å². The highest BCUT2D eigenvalue weighted by Crippen LogP contribution is 2.45. The molecule has 0 saturated heterocycles.